The topological polar surface area (TPSA) is 37.0 Å². The first-order chi connectivity index (χ1) is 9.34. The van der Waals surface area contributed by atoms with Crippen molar-refractivity contribution in [1.82, 2.24) is 4.98 Å². The van der Waals surface area contributed by atoms with Gasteiger partial charge in [-0.15, -0.1) is 11.8 Å². The highest BCUT2D eigenvalue weighted by Crippen LogP contribution is 2.27. The lowest BCUT2D eigenvalue weighted by molar-refractivity contribution is -0.884. The van der Waals surface area contributed by atoms with E-state index in [1.807, 2.05) is 36.5 Å². The van der Waals surface area contributed by atoms with Crippen molar-refractivity contribution >= 4 is 22.7 Å². The Morgan fingerprint density at radius 2 is 1.89 bits per heavy atom. The molecule has 1 N–H and O–H groups in total. The van der Waals surface area contributed by atoms with Crippen molar-refractivity contribution in [1.29, 1.82) is 0 Å². The van der Waals surface area contributed by atoms with E-state index in [1.165, 1.54) is 5.56 Å². The van der Waals surface area contributed by atoms with E-state index in [4.69, 9.17) is 0 Å². The molecule has 0 bridgehead atoms. The van der Waals surface area contributed by atoms with Crippen molar-refractivity contribution in [2.45, 2.75) is 10.6 Å². The molecule has 0 aliphatic heterocycles. The standard InChI is InChI=1S/C15H13N2OS/c18-17-8-4-7-13-14(17)9-16-10-15(13)19-11-12-5-2-1-3-6-12/h1-10,18H,11H2/q+1. The molecule has 94 valence electrons. The van der Waals surface area contributed by atoms with Gasteiger partial charge in [0, 0.05) is 27.6 Å². The zero-order valence-electron chi connectivity index (χ0n) is 10.2. The summed E-state index contributed by atoms with van der Waals surface area (Å²) in [5.74, 6) is 0.891. The summed E-state index contributed by atoms with van der Waals surface area (Å²) in [5, 5.41) is 10.8. The van der Waals surface area contributed by atoms with Gasteiger partial charge in [-0.3, -0.25) is 10.2 Å². The summed E-state index contributed by atoms with van der Waals surface area (Å²) >= 11 is 1.72. The molecule has 1 aromatic carbocycles. The minimum atomic E-state index is 0.723. The summed E-state index contributed by atoms with van der Waals surface area (Å²) in [6.45, 7) is 0. The smallest absolute Gasteiger partial charge is 0.283 e. The van der Waals surface area contributed by atoms with Crippen LogP contribution in [-0.2, 0) is 5.75 Å². The van der Waals surface area contributed by atoms with E-state index in [0.717, 1.165) is 26.3 Å². The van der Waals surface area contributed by atoms with Crippen LogP contribution in [0.5, 0.6) is 0 Å². The molecular weight excluding hydrogens is 256 g/mol. The van der Waals surface area contributed by atoms with Crippen LogP contribution in [0.2, 0.25) is 0 Å². The van der Waals surface area contributed by atoms with E-state index in [-0.39, 0.29) is 0 Å². The Labute approximate surface area is 115 Å². The Bertz CT molecular complexity index is 701. The van der Waals surface area contributed by atoms with Crippen LogP contribution < -0.4 is 4.73 Å². The van der Waals surface area contributed by atoms with Crippen LogP contribution in [0.4, 0.5) is 0 Å². The quantitative estimate of drug-likeness (QED) is 0.451. The molecule has 2 heterocycles. The molecule has 0 spiro atoms. The number of benzene rings is 1. The van der Waals surface area contributed by atoms with Crippen molar-refractivity contribution in [3.63, 3.8) is 0 Å². The molecule has 0 fully saturated rings. The summed E-state index contributed by atoms with van der Waals surface area (Å²) < 4.78 is 1.11. The van der Waals surface area contributed by atoms with Crippen LogP contribution in [0.15, 0.2) is 66.0 Å². The predicted octanol–water partition coefficient (Wildman–Crippen LogP) is 3.05. The Hall–Kier alpha value is -2.07. The molecule has 0 aliphatic carbocycles. The van der Waals surface area contributed by atoms with Gasteiger partial charge < -0.3 is 0 Å². The number of pyridine rings is 2. The largest absolute Gasteiger partial charge is 0.284 e. The van der Waals surface area contributed by atoms with E-state index in [2.05, 4.69) is 17.1 Å². The van der Waals surface area contributed by atoms with Gasteiger partial charge in [-0.1, -0.05) is 30.3 Å². The first-order valence-electron chi connectivity index (χ1n) is 5.99. The van der Waals surface area contributed by atoms with E-state index in [0.29, 0.717) is 0 Å². The van der Waals surface area contributed by atoms with Crippen LogP contribution in [0.25, 0.3) is 10.9 Å². The van der Waals surface area contributed by atoms with Gasteiger partial charge in [0.15, 0.2) is 0 Å². The maximum atomic E-state index is 9.75. The van der Waals surface area contributed by atoms with E-state index < -0.39 is 0 Å². The summed E-state index contributed by atoms with van der Waals surface area (Å²) in [5.41, 5.74) is 2.00. The summed E-state index contributed by atoms with van der Waals surface area (Å²) in [6.07, 6.45) is 5.12. The second-order valence-electron chi connectivity index (χ2n) is 4.20. The molecule has 0 unspecified atom stereocenters. The second-order valence-corrected chi connectivity index (χ2v) is 5.21. The zero-order chi connectivity index (χ0) is 13.1. The van der Waals surface area contributed by atoms with Crippen LogP contribution in [0.3, 0.4) is 0 Å². The monoisotopic (exact) mass is 269 g/mol. The van der Waals surface area contributed by atoms with Gasteiger partial charge in [-0.2, -0.15) is 0 Å². The summed E-state index contributed by atoms with van der Waals surface area (Å²) in [7, 11) is 0. The minimum Gasteiger partial charge on any atom is -0.284 e. The molecule has 3 aromatic rings. The fourth-order valence-electron chi connectivity index (χ4n) is 1.94. The minimum absolute atomic E-state index is 0.723. The van der Waals surface area contributed by atoms with E-state index in [9.17, 15) is 5.21 Å². The van der Waals surface area contributed by atoms with Crippen LogP contribution in [-0.4, -0.2) is 10.2 Å². The Balaban J connectivity index is 1.91. The number of hydrogen-bond donors (Lipinski definition) is 1. The molecule has 0 saturated carbocycles. The van der Waals surface area contributed by atoms with Crippen LogP contribution >= 0.6 is 11.8 Å². The van der Waals surface area contributed by atoms with Gasteiger partial charge in [-0.25, -0.2) is 0 Å². The van der Waals surface area contributed by atoms with Crippen LogP contribution in [0.1, 0.15) is 5.56 Å². The number of thioether (sulfide) groups is 1. The third-order valence-electron chi connectivity index (χ3n) is 2.90. The van der Waals surface area contributed by atoms with Crippen molar-refractivity contribution < 1.29 is 9.94 Å². The molecule has 0 saturated heterocycles. The van der Waals surface area contributed by atoms with Crippen molar-refractivity contribution in [3.8, 4) is 0 Å². The number of hydrogen-bond acceptors (Lipinski definition) is 3. The van der Waals surface area contributed by atoms with Gasteiger partial charge in [0.2, 0.25) is 6.20 Å². The summed E-state index contributed by atoms with van der Waals surface area (Å²) in [4.78, 5) is 5.26. The lowest BCUT2D eigenvalue weighted by Crippen LogP contribution is -2.29. The SMILES string of the molecule is O[n+]1cccc2c(SCc3ccccc3)cncc21. The maximum Gasteiger partial charge on any atom is 0.283 e. The fourth-order valence-corrected chi connectivity index (χ4v) is 2.92. The Kier molecular flexibility index (Phi) is 3.33. The second kappa shape index (κ2) is 5.28. The lowest BCUT2D eigenvalue weighted by Gasteiger charge is -2.03. The van der Waals surface area contributed by atoms with Gasteiger partial charge in [-0.05, 0) is 11.6 Å². The Morgan fingerprint density at radius 3 is 2.74 bits per heavy atom. The normalized spacial score (nSPS) is 10.7. The Morgan fingerprint density at radius 1 is 1.05 bits per heavy atom. The number of rotatable bonds is 3. The first kappa shape index (κ1) is 12.0. The lowest BCUT2D eigenvalue weighted by atomic mass is 10.2. The van der Waals surface area contributed by atoms with Crippen molar-refractivity contribution in [2.75, 3.05) is 0 Å². The summed E-state index contributed by atoms with van der Waals surface area (Å²) in [6, 6.07) is 14.1. The molecule has 3 nitrogen and oxygen atoms in total. The molecule has 4 heteroatoms. The molecule has 3 rings (SSSR count). The molecule has 0 amide bonds. The average molecular weight is 269 g/mol. The highest BCUT2D eigenvalue weighted by Gasteiger charge is 2.11. The highest BCUT2D eigenvalue weighted by molar-refractivity contribution is 7.98. The predicted molar refractivity (Wildman–Crippen MR) is 75.1 cm³/mol. The molecule has 0 radical (unpaired) electrons. The number of aromatic nitrogens is 2. The zero-order valence-corrected chi connectivity index (χ0v) is 11.0. The third-order valence-corrected chi connectivity index (χ3v) is 4.02. The van der Waals surface area contributed by atoms with E-state index in [1.54, 1.807) is 24.2 Å². The number of nitrogens with zero attached hydrogens (tertiary/aromatic N) is 2. The molecular formula is C15H13N2OS+. The third kappa shape index (κ3) is 2.53. The fraction of sp³-hybridized carbons (Fsp3) is 0.0667. The molecule has 2 aromatic heterocycles. The van der Waals surface area contributed by atoms with Crippen molar-refractivity contribution in [2.24, 2.45) is 0 Å². The van der Waals surface area contributed by atoms with Gasteiger partial charge in [0.25, 0.3) is 5.52 Å². The van der Waals surface area contributed by atoms with Crippen molar-refractivity contribution in [3.05, 3.63) is 66.6 Å². The molecule has 0 atom stereocenters. The van der Waals surface area contributed by atoms with Gasteiger partial charge >= 0.3 is 0 Å². The van der Waals surface area contributed by atoms with E-state index >= 15 is 0 Å². The average Bonchev–Trinajstić information content (AvgIpc) is 2.47. The molecule has 0 aliphatic rings. The molecule has 19 heavy (non-hydrogen) atoms. The highest BCUT2D eigenvalue weighted by atomic mass is 32.2. The maximum absolute atomic E-state index is 9.75. The van der Waals surface area contributed by atoms with Crippen LogP contribution in [0, 0.1) is 0 Å². The first-order valence-corrected chi connectivity index (χ1v) is 6.97. The van der Waals surface area contributed by atoms with Gasteiger partial charge in [0.05, 0.1) is 5.39 Å². The van der Waals surface area contributed by atoms with Gasteiger partial charge in [0.1, 0.15) is 6.20 Å². The number of fused-ring (bicyclic) bond motifs is 1.